The third-order valence-corrected chi connectivity index (χ3v) is 3.88. The van der Waals surface area contributed by atoms with Gasteiger partial charge in [0.15, 0.2) is 0 Å². The van der Waals surface area contributed by atoms with Gasteiger partial charge < -0.3 is 9.52 Å². The summed E-state index contributed by atoms with van der Waals surface area (Å²) in [7, 11) is 0. The minimum atomic E-state index is -1.25. The summed E-state index contributed by atoms with van der Waals surface area (Å²) >= 11 is 0. The first kappa shape index (κ1) is 13.8. The molecule has 1 heterocycles. The summed E-state index contributed by atoms with van der Waals surface area (Å²) in [5, 5.41) is 11.5. The summed E-state index contributed by atoms with van der Waals surface area (Å²) in [5.41, 5.74) is 1.28. The molecule has 2 aromatic carbocycles. The van der Waals surface area contributed by atoms with Gasteiger partial charge in [0.2, 0.25) is 0 Å². The van der Waals surface area contributed by atoms with Crippen molar-refractivity contribution >= 4 is 11.0 Å². The Labute approximate surface area is 122 Å². The molecule has 1 aromatic heterocycles. The van der Waals surface area contributed by atoms with Crippen LogP contribution < -0.4 is 0 Å². The zero-order valence-corrected chi connectivity index (χ0v) is 12.1. The van der Waals surface area contributed by atoms with E-state index < -0.39 is 5.60 Å². The molecule has 0 aliphatic heterocycles. The van der Waals surface area contributed by atoms with Crippen molar-refractivity contribution in [3.05, 3.63) is 71.2 Å². The molecule has 1 atom stereocenters. The molecule has 3 rings (SSSR count). The fraction of sp³-hybridized carbons (Fsp3) is 0.222. The number of rotatable bonds is 3. The molecule has 0 bridgehead atoms. The van der Waals surface area contributed by atoms with Crippen molar-refractivity contribution in [2.75, 3.05) is 0 Å². The van der Waals surface area contributed by atoms with Crippen LogP contribution in [-0.2, 0) is 12.0 Å². The number of aliphatic hydroxyl groups is 1. The Morgan fingerprint density at radius 1 is 1.10 bits per heavy atom. The van der Waals surface area contributed by atoms with Gasteiger partial charge in [0.1, 0.15) is 22.8 Å². The normalized spacial score (nSPS) is 14.3. The van der Waals surface area contributed by atoms with Crippen LogP contribution in [-0.4, -0.2) is 5.11 Å². The van der Waals surface area contributed by atoms with Gasteiger partial charge in [-0.25, -0.2) is 4.39 Å². The highest BCUT2D eigenvalue weighted by Crippen LogP contribution is 2.33. The summed E-state index contributed by atoms with van der Waals surface area (Å²) in [4.78, 5) is 0. The average Bonchev–Trinajstić information content (AvgIpc) is 2.91. The van der Waals surface area contributed by atoms with Crippen LogP contribution in [0.15, 0.2) is 52.9 Å². The summed E-state index contributed by atoms with van der Waals surface area (Å²) < 4.78 is 18.9. The van der Waals surface area contributed by atoms with Crippen molar-refractivity contribution < 1.29 is 13.9 Å². The van der Waals surface area contributed by atoms with Gasteiger partial charge >= 0.3 is 0 Å². The summed E-state index contributed by atoms with van der Waals surface area (Å²) in [6.07, 6.45) is 0.951. The second-order valence-corrected chi connectivity index (χ2v) is 5.42. The van der Waals surface area contributed by atoms with E-state index in [2.05, 4.69) is 6.92 Å². The van der Waals surface area contributed by atoms with E-state index in [-0.39, 0.29) is 5.82 Å². The maximum atomic E-state index is 13.2. The molecule has 2 nitrogen and oxygen atoms in total. The third kappa shape index (κ3) is 2.45. The number of hydrogen-bond acceptors (Lipinski definition) is 2. The van der Waals surface area contributed by atoms with E-state index in [0.29, 0.717) is 16.7 Å². The van der Waals surface area contributed by atoms with Gasteiger partial charge in [-0.1, -0.05) is 31.2 Å². The molecule has 21 heavy (non-hydrogen) atoms. The predicted molar refractivity (Wildman–Crippen MR) is 80.7 cm³/mol. The van der Waals surface area contributed by atoms with E-state index in [9.17, 15) is 9.50 Å². The zero-order valence-electron chi connectivity index (χ0n) is 12.1. The van der Waals surface area contributed by atoms with E-state index in [1.54, 1.807) is 19.1 Å². The van der Waals surface area contributed by atoms with E-state index >= 15 is 0 Å². The minimum Gasteiger partial charge on any atom is -0.458 e. The molecular formula is C18H17FO2. The van der Waals surface area contributed by atoms with Crippen molar-refractivity contribution in [3.63, 3.8) is 0 Å². The first-order valence-corrected chi connectivity index (χ1v) is 7.02. The Bertz CT molecular complexity index is 770. The van der Waals surface area contributed by atoms with Crippen LogP contribution in [0.5, 0.6) is 0 Å². The van der Waals surface area contributed by atoms with Crippen molar-refractivity contribution in [2.45, 2.75) is 25.9 Å². The summed E-state index contributed by atoms with van der Waals surface area (Å²) in [5.74, 6) is 0.0918. The highest BCUT2D eigenvalue weighted by Gasteiger charge is 2.29. The number of aryl methyl sites for hydroxylation is 1. The highest BCUT2D eigenvalue weighted by atomic mass is 19.1. The van der Waals surface area contributed by atoms with Gasteiger partial charge in [-0.2, -0.15) is 0 Å². The summed E-state index contributed by atoms with van der Waals surface area (Å²) in [6.45, 7) is 3.77. The van der Waals surface area contributed by atoms with E-state index in [4.69, 9.17) is 4.42 Å². The van der Waals surface area contributed by atoms with E-state index in [1.807, 2.05) is 24.3 Å². The largest absolute Gasteiger partial charge is 0.458 e. The fourth-order valence-corrected chi connectivity index (χ4v) is 2.46. The van der Waals surface area contributed by atoms with Gasteiger partial charge in [-0.15, -0.1) is 0 Å². The molecule has 0 radical (unpaired) electrons. The quantitative estimate of drug-likeness (QED) is 0.773. The van der Waals surface area contributed by atoms with E-state index in [1.165, 1.54) is 17.7 Å². The van der Waals surface area contributed by atoms with Gasteiger partial charge in [-0.05, 0) is 48.7 Å². The first-order valence-electron chi connectivity index (χ1n) is 7.02. The van der Waals surface area contributed by atoms with Crippen molar-refractivity contribution in [3.8, 4) is 0 Å². The Hall–Kier alpha value is -2.13. The van der Waals surface area contributed by atoms with Crippen LogP contribution in [0.3, 0.4) is 0 Å². The van der Waals surface area contributed by atoms with Crippen molar-refractivity contribution in [1.82, 2.24) is 0 Å². The number of fused-ring (bicyclic) bond motifs is 1. The fourth-order valence-electron chi connectivity index (χ4n) is 2.46. The van der Waals surface area contributed by atoms with Crippen LogP contribution >= 0.6 is 0 Å². The van der Waals surface area contributed by atoms with Crippen LogP contribution in [0.2, 0.25) is 0 Å². The molecule has 1 unspecified atom stereocenters. The number of halogens is 1. The Balaban J connectivity index is 2.05. The molecular weight excluding hydrogens is 267 g/mol. The Morgan fingerprint density at radius 3 is 2.48 bits per heavy atom. The Morgan fingerprint density at radius 2 is 1.81 bits per heavy atom. The van der Waals surface area contributed by atoms with Gasteiger partial charge in [0.05, 0.1) is 0 Å². The van der Waals surface area contributed by atoms with Gasteiger partial charge in [0, 0.05) is 5.39 Å². The molecule has 3 aromatic rings. The minimum absolute atomic E-state index is 0.318. The highest BCUT2D eigenvalue weighted by molar-refractivity contribution is 5.78. The van der Waals surface area contributed by atoms with Gasteiger partial charge in [-0.3, -0.25) is 0 Å². The zero-order chi connectivity index (χ0) is 15.0. The molecule has 1 N–H and O–H groups in total. The van der Waals surface area contributed by atoms with Crippen molar-refractivity contribution in [2.24, 2.45) is 0 Å². The molecule has 0 saturated carbocycles. The maximum Gasteiger partial charge on any atom is 0.144 e. The average molecular weight is 284 g/mol. The molecule has 0 amide bonds. The van der Waals surface area contributed by atoms with Gasteiger partial charge in [0.25, 0.3) is 0 Å². The first-order chi connectivity index (χ1) is 10.0. The lowest BCUT2D eigenvalue weighted by Gasteiger charge is -2.21. The van der Waals surface area contributed by atoms with Crippen LogP contribution in [0, 0.1) is 5.82 Å². The summed E-state index contributed by atoms with van der Waals surface area (Å²) in [6, 6.07) is 13.8. The van der Waals surface area contributed by atoms with Crippen LogP contribution in [0.1, 0.15) is 30.7 Å². The molecule has 0 aliphatic carbocycles. The predicted octanol–water partition coefficient (Wildman–Crippen LogP) is 4.39. The lowest BCUT2D eigenvalue weighted by Crippen LogP contribution is -2.21. The third-order valence-electron chi connectivity index (χ3n) is 3.88. The number of benzene rings is 2. The number of hydrogen-bond donors (Lipinski definition) is 1. The second kappa shape index (κ2) is 5.01. The molecule has 0 saturated heterocycles. The topological polar surface area (TPSA) is 33.4 Å². The Kier molecular flexibility index (Phi) is 3.30. The van der Waals surface area contributed by atoms with Crippen LogP contribution in [0.25, 0.3) is 11.0 Å². The lowest BCUT2D eigenvalue weighted by atomic mass is 9.92. The van der Waals surface area contributed by atoms with Crippen LogP contribution in [0.4, 0.5) is 4.39 Å². The number of furan rings is 1. The standard InChI is InChI=1S/C18H17FO2/c1-3-12-4-6-14(7-5-12)18(2,20)17-11-13-10-15(19)8-9-16(13)21-17/h4-11,20H,3H2,1-2H3. The molecule has 0 spiro atoms. The molecule has 108 valence electrons. The molecule has 3 heteroatoms. The molecule has 0 fully saturated rings. The monoisotopic (exact) mass is 284 g/mol. The van der Waals surface area contributed by atoms with Crippen molar-refractivity contribution in [1.29, 1.82) is 0 Å². The SMILES string of the molecule is CCc1ccc(C(C)(O)c2cc3cc(F)ccc3o2)cc1. The lowest BCUT2D eigenvalue weighted by molar-refractivity contribution is 0.0786. The maximum absolute atomic E-state index is 13.2. The second-order valence-electron chi connectivity index (χ2n) is 5.42. The molecule has 0 aliphatic rings. The van der Waals surface area contributed by atoms with E-state index in [0.717, 1.165) is 12.0 Å². The smallest absolute Gasteiger partial charge is 0.144 e.